The van der Waals surface area contributed by atoms with E-state index in [1.54, 1.807) is 11.1 Å². The van der Waals surface area contributed by atoms with Crippen molar-refractivity contribution in [3.8, 4) is 0 Å². The first-order valence-electron chi connectivity index (χ1n) is 8.68. The number of nitrogens with zero attached hydrogens (tertiary/aromatic N) is 2. The zero-order valence-electron chi connectivity index (χ0n) is 14.7. The van der Waals surface area contributed by atoms with Crippen LogP contribution in [0.25, 0.3) is 10.9 Å². The van der Waals surface area contributed by atoms with Gasteiger partial charge < -0.3 is 9.88 Å². The van der Waals surface area contributed by atoms with Crippen molar-refractivity contribution >= 4 is 26.8 Å². The molecule has 0 unspecified atom stereocenters. The number of halogens is 2. The van der Waals surface area contributed by atoms with Crippen LogP contribution >= 0.6 is 0 Å². The van der Waals surface area contributed by atoms with Gasteiger partial charge in [-0.25, -0.2) is 17.2 Å². The summed E-state index contributed by atoms with van der Waals surface area (Å²) in [5.74, 6) is -2.16. The van der Waals surface area contributed by atoms with E-state index in [-0.39, 0.29) is 32.1 Å². The Morgan fingerprint density at radius 3 is 2.43 bits per heavy atom. The third kappa shape index (κ3) is 3.16. The number of hydrogen-bond acceptors (Lipinski definition) is 3. The number of benzene rings is 2. The Balaban J connectivity index is 1.50. The van der Waals surface area contributed by atoms with Crippen LogP contribution in [0, 0.1) is 11.6 Å². The summed E-state index contributed by atoms with van der Waals surface area (Å²) in [5.41, 5.74) is 1.37. The molecule has 1 aromatic heterocycles. The maximum Gasteiger partial charge on any atom is 0.256 e. The van der Waals surface area contributed by atoms with Gasteiger partial charge in [-0.1, -0.05) is 18.2 Å². The number of sulfonamides is 1. The van der Waals surface area contributed by atoms with Gasteiger partial charge in [0.15, 0.2) is 0 Å². The summed E-state index contributed by atoms with van der Waals surface area (Å²) < 4.78 is 53.4. The van der Waals surface area contributed by atoms with Crippen LogP contribution in [0.5, 0.6) is 0 Å². The number of fused-ring (bicyclic) bond motifs is 1. The fourth-order valence-electron chi connectivity index (χ4n) is 3.37. The Morgan fingerprint density at radius 1 is 1.00 bits per heavy atom. The topological polar surface area (TPSA) is 73.5 Å². The molecule has 0 aliphatic carbocycles. The normalized spacial score (nSPS) is 15.9. The standard InChI is InChI=1S/C19H17F2N3O3S/c20-13-5-6-18(16(21)11-13)28(26,27)24-9-7-23(8-10-24)19(25)15-12-22-17-4-2-1-3-14(15)17/h1-6,11-12,22H,7-10H2. The summed E-state index contributed by atoms with van der Waals surface area (Å²) in [6.07, 6.45) is 1.64. The number of para-hydroxylation sites is 1. The molecule has 0 atom stereocenters. The molecular formula is C19H17F2N3O3S. The van der Waals surface area contributed by atoms with Crippen LogP contribution in [0.1, 0.15) is 10.4 Å². The lowest BCUT2D eigenvalue weighted by molar-refractivity contribution is 0.0699. The van der Waals surface area contributed by atoms with Gasteiger partial charge in [-0.2, -0.15) is 4.31 Å². The zero-order chi connectivity index (χ0) is 19.9. The first-order chi connectivity index (χ1) is 13.4. The lowest BCUT2D eigenvalue weighted by Gasteiger charge is -2.34. The second kappa shape index (κ2) is 6.99. The number of nitrogens with one attached hydrogen (secondary N) is 1. The van der Waals surface area contributed by atoms with Crippen LogP contribution in [0.4, 0.5) is 8.78 Å². The van der Waals surface area contributed by atoms with Crippen molar-refractivity contribution in [2.75, 3.05) is 26.2 Å². The van der Waals surface area contributed by atoms with Crippen molar-refractivity contribution in [3.63, 3.8) is 0 Å². The summed E-state index contributed by atoms with van der Waals surface area (Å²) in [4.78, 5) is 16.9. The molecule has 0 bridgehead atoms. The summed E-state index contributed by atoms with van der Waals surface area (Å²) in [5, 5.41) is 0.802. The minimum Gasteiger partial charge on any atom is -0.360 e. The predicted molar refractivity (Wildman–Crippen MR) is 99.3 cm³/mol. The highest BCUT2D eigenvalue weighted by Gasteiger charge is 2.32. The van der Waals surface area contributed by atoms with Crippen molar-refractivity contribution in [3.05, 3.63) is 65.9 Å². The van der Waals surface area contributed by atoms with Gasteiger partial charge in [0.2, 0.25) is 10.0 Å². The van der Waals surface area contributed by atoms with Gasteiger partial charge in [0, 0.05) is 49.3 Å². The number of aromatic amines is 1. The highest BCUT2D eigenvalue weighted by Crippen LogP contribution is 2.23. The van der Waals surface area contributed by atoms with Crippen molar-refractivity contribution in [1.82, 2.24) is 14.2 Å². The Labute approximate surface area is 160 Å². The van der Waals surface area contributed by atoms with Gasteiger partial charge in [-0.3, -0.25) is 4.79 Å². The molecule has 1 saturated heterocycles. The Hall–Kier alpha value is -2.78. The van der Waals surface area contributed by atoms with Crippen molar-refractivity contribution in [2.24, 2.45) is 0 Å². The molecule has 1 aliphatic heterocycles. The lowest BCUT2D eigenvalue weighted by Crippen LogP contribution is -2.50. The average molecular weight is 405 g/mol. The summed E-state index contributed by atoms with van der Waals surface area (Å²) in [6, 6.07) is 9.80. The Morgan fingerprint density at radius 2 is 1.71 bits per heavy atom. The minimum absolute atomic E-state index is 0.0350. The van der Waals surface area contributed by atoms with E-state index in [2.05, 4.69) is 4.98 Å². The molecule has 1 aliphatic rings. The Kier molecular flexibility index (Phi) is 4.64. The van der Waals surface area contributed by atoms with Gasteiger partial charge in [-0.05, 0) is 18.2 Å². The molecule has 2 aromatic carbocycles. The quantitative estimate of drug-likeness (QED) is 0.728. The van der Waals surface area contributed by atoms with Gasteiger partial charge in [0.1, 0.15) is 16.5 Å². The lowest BCUT2D eigenvalue weighted by atomic mass is 10.1. The van der Waals surface area contributed by atoms with E-state index in [1.165, 1.54) is 0 Å². The first kappa shape index (κ1) is 18.6. The molecule has 1 N–H and O–H groups in total. The monoisotopic (exact) mass is 405 g/mol. The molecule has 28 heavy (non-hydrogen) atoms. The molecule has 9 heteroatoms. The number of rotatable bonds is 3. The van der Waals surface area contributed by atoms with E-state index < -0.39 is 26.6 Å². The Bertz CT molecular complexity index is 1150. The zero-order valence-corrected chi connectivity index (χ0v) is 15.5. The van der Waals surface area contributed by atoms with Crippen LogP contribution < -0.4 is 0 Å². The third-order valence-corrected chi connectivity index (χ3v) is 6.79. The van der Waals surface area contributed by atoms with E-state index in [0.29, 0.717) is 11.6 Å². The third-order valence-electron chi connectivity index (χ3n) is 4.86. The van der Waals surface area contributed by atoms with Gasteiger partial charge in [-0.15, -0.1) is 0 Å². The van der Waals surface area contributed by atoms with Crippen LogP contribution in [0.3, 0.4) is 0 Å². The van der Waals surface area contributed by atoms with Crippen LogP contribution in [-0.2, 0) is 10.0 Å². The maximum absolute atomic E-state index is 13.9. The number of carbonyl (C=O) groups is 1. The van der Waals surface area contributed by atoms with E-state index in [0.717, 1.165) is 27.3 Å². The van der Waals surface area contributed by atoms with E-state index in [1.807, 2.05) is 24.3 Å². The molecule has 1 fully saturated rings. The summed E-state index contributed by atoms with van der Waals surface area (Å²) in [6.45, 7) is 0.432. The molecule has 1 amide bonds. The smallest absolute Gasteiger partial charge is 0.256 e. The highest BCUT2D eigenvalue weighted by atomic mass is 32.2. The number of amides is 1. The fourth-order valence-corrected chi connectivity index (χ4v) is 4.84. The van der Waals surface area contributed by atoms with Crippen molar-refractivity contribution < 1.29 is 22.0 Å². The fraction of sp³-hybridized carbons (Fsp3) is 0.211. The van der Waals surface area contributed by atoms with Crippen molar-refractivity contribution in [1.29, 1.82) is 0 Å². The first-order valence-corrected chi connectivity index (χ1v) is 10.1. The number of H-pyrrole nitrogens is 1. The van der Waals surface area contributed by atoms with Crippen LogP contribution in [0.2, 0.25) is 0 Å². The summed E-state index contributed by atoms with van der Waals surface area (Å²) >= 11 is 0. The second-order valence-electron chi connectivity index (χ2n) is 6.52. The van der Waals surface area contributed by atoms with Crippen LogP contribution in [0.15, 0.2) is 53.6 Å². The molecule has 0 radical (unpaired) electrons. The van der Waals surface area contributed by atoms with E-state index in [4.69, 9.17) is 0 Å². The molecule has 0 saturated carbocycles. The molecule has 146 valence electrons. The summed E-state index contributed by atoms with van der Waals surface area (Å²) in [7, 11) is -4.10. The number of aromatic nitrogens is 1. The van der Waals surface area contributed by atoms with Gasteiger partial charge >= 0.3 is 0 Å². The molecule has 0 spiro atoms. The SMILES string of the molecule is O=C(c1c[nH]c2ccccc12)N1CCN(S(=O)(=O)c2ccc(F)cc2F)CC1. The predicted octanol–water partition coefficient (Wildman–Crippen LogP) is 2.59. The molecule has 2 heterocycles. The molecular weight excluding hydrogens is 388 g/mol. The van der Waals surface area contributed by atoms with Gasteiger partial charge in [0.05, 0.1) is 5.56 Å². The maximum atomic E-state index is 13.9. The molecule has 4 rings (SSSR count). The number of hydrogen-bond donors (Lipinski definition) is 1. The molecule has 3 aromatic rings. The van der Waals surface area contributed by atoms with E-state index in [9.17, 15) is 22.0 Å². The number of piperazine rings is 1. The van der Waals surface area contributed by atoms with Crippen molar-refractivity contribution in [2.45, 2.75) is 4.90 Å². The highest BCUT2D eigenvalue weighted by molar-refractivity contribution is 7.89. The van der Waals surface area contributed by atoms with Crippen LogP contribution in [-0.4, -0.2) is 54.7 Å². The average Bonchev–Trinajstić information content (AvgIpc) is 3.11. The molecule has 6 nitrogen and oxygen atoms in total. The van der Waals surface area contributed by atoms with E-state index >= 15 is 0 Å². The van der Waals surface area contributed by atoms with Gasteiger partial charge in [0.25, 0.3) is 5.91 Å². The number of carbonyl (C=O) groups excluding carboxylic acids is 1. The second-order valence-corrected chi connectivity index (χ2v) is 8.43. The minimum atomic E-state index is -4.10. The largest absolute Gasteiger partial charge is 0.360 e.